The largest absolute Gasteiger partial charge is 0.481 e. The van der Waals surface area contributed by atoms with Gasteiger partial charge in [-0.3, -0.25) is 9.59 Å². The number of likely N-dealkylation sites (N-methyl/N-ethyl adjacent to an activating group) is 1. The monoisotopic (exact) mass is 273 g/mol. The third-order valence-electron chi connectivity index (χ3n) is 2.27. The van der Waals surface area contributed by atoms with E-state index in [-0.39, 0.29) is 30.9 Å². The number of aliphatic carboxylic acids is 1. The molecular weight excluding hydrogens is 250 g/mol. The second-order valence-electron chi connectivity index (χ2n) is 4.66. The van der Waals surface area contributed by atoms with Crippen LogP contribution >= 0.6 is 0 Å². The van der Waals surface area contributed by atoms with Crippen LogP contribution in [0.1, 0.15) is 33.1 Å². The number of carboxylic acids is 1. The van der Waals surface area contributed by atoms with Gasteiger partial charge in [-0.1, -0.05) is 0 Å². The summed E-state index contributed by atoms with van der Waals surface area (Å²) in [6.07, 6.45) is 1.22. The zero-order valence-electron chi connectivity index (χ0n) is 11.7. The molecule has 7 nitrogen and oxygen atoms in total. The maximum Gasteiger partial charge on any atom is 0.317 e. The van der Waals surface area contributed by atoms with Crippen LogP contribution in [0.25, 0.3) is 0 Å². The quantitative estimate of drug-likeness (QED) is 0.558. The van der Waals surface area contributed by atoms with Crippen molar-refractivity contribution in [1.82, 2.24) is 15.5 Å². The number of carbonyl (C=O) groups is 3. The number of unbranched alkanes of at least 4 members (excludes halogenated alkanes) is 1. The van der Waals surface area contributed by atoms with Crippen LogP contribution in [-0.4, -0.2) is 54.1 Å². The van der Waals surface area contributed by atoms with E-state index in [1.54, 1.807) is 0 Å². The fourth-order valence-corrected chi connectivity index (χ4v) is 1.39. The van der Waals surface area contributed by atoms with E-state index in [2.05, 4.69) is 10.6 Å². The van der Waals surface area contributed by atoms with Gasteiger partial charge < -0.3 is 20.6 Å². The van der Waals surface area contributed by atoms with E-state index in [0.29, 0.717) is 19.4 Å². The van der Waals surface area contributed by atoms with Crippen LogP contribution in [-0.2, 0) is 9.59 Å². The number of amides is 3. The Balaban J connectivity index is 3.75. The highest BCUT2D eigenvalue weighted by Gasteiger charge is 2.12. The Morgan fingerprint density at radius 3 is 2.37 bits per heavy atom. The minimum Gasteiger partial charge on any atom is -0.481 e. The molecule has 0 aromatic carbocycles. The van der Waals surface area contributed by atoms with Gasteiger partial charge in [0.1, 0.15) is 6.54 Å². The number of hydrogen-bond donors (Lipinski definition) is 3. The van der Waals surface area contributed by atoms with Gasteiger partial charge in [0.05, 0.1) is 0 Å². The highest BCUT2D eigenvalue weighted by Crippen LogP contribution is 1.94. The molecule has 0 atom stereocenters. The first-order chi connectivity index (χ1) is 8.82. The van der Waals surface area contributed by atoms with Crippen LogP contribution in [0.15, 0.2) is 0 Å². The molecule has 0 heterocycles. The standard InChI is InChI=1S/C12H23N3O4/c1-9(2)14-10(16)8-15(3)12(19)13-7-5-4-6-11(17)18/h9H,4-8H2,1-3H3,(H,13,19)(H,14,16)(H,17,18). The Kier molecular flexibility index (Phi) is 8.32. The van der Waals surface area contributed by atoms with E-state index in [4.69, 9.17) is 5.11 Å². The lowest BCUT2D eigenvalue weighted by molar-refractivity contribution is -0.137. The Hall–Kier alpha value is -1.79. The smallest absolute Gasteiger partial charge is 0.317 e. The number of carbonyl (C=O) groups excluding carboxylic acids is 2. The van der Waals surface area contributed by atoms with Crippen LogP contribution in [0.5, 0.6) is 0 Å². The lowest BCUT2D eigenvalue weighted by Gasteiger charge is -2.18. The molecule has 0 aliphatic rings. The van der Waals surface area contributed by atoms with E-state index < -0.39 is 5.97 Å². The van der Waals surface area contributed by atoms with Gasteiger partial charge in [0.25, 0.3) is 0 Å². The van der Waals surface area contributed by atoms with Crippen LogP contribution < -0.4 is 10.6 Å². The maximum absolute atomic E-state index is 11.6. The highest BCUT2D eigenvalue weighted by atomic mass is 16.4. The van der Waals surface area contributed by atoms with E-state index in [0.717, 1.165) is 0 Å². The van der Waals surface area contributed by atoms with Gasteiger partial charge >= 0.3 is 12.0 Å². The van der Waals surface area contributed by atoms with E-state index in [1.807, 2.05) is 13.8 Å². The molecule has 19 heavy (non-hydrogen) atoms. The summed E-state index contributed by atoms with van der Waals surface area (Å²) in [4.78, 5) is 34.6. The van der Waals surface area contributed by atoms with Crippen molar-refractivity contribution in [3.63, 3.8) is 0 Å². The predicted molar refractivity (Wildman–Crippen MR) is 70.8 cm³/mol. The average molecular weight is 273 g/mol. The van der Waals surface area contributed by atoms with E-state index in [9.17, 15) is 14.4 Å². The molecule has 0 bridgehead atoms. The number of hydrogen-bond acceptors (Lipinski definition) is 3. The molecule has 3 amide bonds. The number of nitrogens with zero attached hydrogens (tertiary/aromatic N) is 1. The lowest BCUT2D eigenvalue weighted by atomic mass is 10.2. The SMILES string of the molecule is CC(C)NC(=O)CN(C)C(=O)NCCCCC(=O)O. The van der Waals surface area contributed by atoms with E-state index >= 15 is 0 Å². The first-order valence-electron chi connectivity index (χ1n) is 6.33. The van der Waals surface area contributed by atoms with Crippen molar-refractivity contribution in [2.45, 2.75) is 39.2 Å². The first kappa shape index (κ1) is 17.2. The molecule has 3 N–H and O–H groups in total. The number of carboxylic acid groups (broad SMARTS) is 1. The number of urea groups is 1. The summed E-state index contributed by atoms with van der Waals surface area (Å²) in [5, 5.41) is 13.8. The highest BCUT2D eigenvalue weighted by molar-refractivity contribution is 5.83. The van der Waals surface area contributed by atoms with Crippen LogP contribution in [0.3, 0.4) is 0 Å². The van der Waals surface area contributed by atoms with Crippen molar-refractivity contribution < 1.29 is 19.5 Å². The first-order valence-corrected chi connectivity index (χ1v) is 6.33. The summed E-state index contributed by atoms with van der Waals surface area (Å²) in [6, 6.07) is -0.297. The second-order valence-corrected chi connectivity index (χ2v) is 4.66. The minimum atomic E-state index is -0.839. The average Bonchev–Trinajstić information content (AvgIpc) is 2.26. The molecule has 0 aromatic heterocycles. The van der Waals surface area contributed by atoms with Crippen molar-refractivity contribution in [3.8, 4) is 0 Å². The Bertz CT molecular complexity index is 318. The molecule has 0 fully saturated rings. The third-order valence-corrected chi connectivity index (χ3v) is 2.27. The van der Waals surface area contributed by atoms with Gasteiger partial charge in [0.15, 0.2) is 0 Å². The molecule has 0 aliphatic heterocycles. The van der Waals surface area contributed by atoms with Crippen LogP contribution in [0, 0.1) is 0 Å². The number of nitrogens with one attached hydrogen (secondary N) is 2. The summed E-state index contributed by atoms with van der Waals surface area (Å²) < 4.78 is 0. The van der Waals surface area contributed by atoms with Crippen molar-refractivity contribution in [2.75, 3.05) is 20.1 Å². The fraction of sp³-hybridized carbons (Fsp3) is 0.750. The molecule has 0 aromatic rings. The van der Waals surface area contributed by atoms with Gasteiger partial charge in [-0.25, -0.2) is 4.79 Å². The minimum absolute atomic E-state index is 0.000854. The summed E-state index contributed by atoms with van der Waals surface area (Å²) in [6.45, 7) is 4.10. The molecule has 0 spiro atoms. The summed E-state index contributed by atoms with van der Waals surface area (Å²) >= 11 is 0. The third kappa shape index (κ3) is 9.87. The molecule has 0 saturated heterocycles. The molecule has 0 radical (unpaired) electrons. The Labute approximate surface area is 113 Å². The van der Waals surface area contributed by atoms with Crippen molar-refractivity contribution >= 4 is 17.9 Å². The zero-order chi connectivity index (χ0) is 14.8. The van der Waals surface area contributed by atoms with Gasteiger partial charge in [-0.15, -0.1) is 0 Å². The van der Waals surface area contributed by atoms with Gasteiger partial charge in [-0.05, 0) is 26.7 Å². The van der Waals surface area contributed by atoms with Gasteiger partial charge in [0, 0.05) is 26.1 Å². The summed E-state index contributed by atoms with van der Waals surface area (Å²) in [5.41, 5.74) is 0. The lowest BCUT2D eigenvalue weighted by Crippen LogP contribution is -2.44. The molecule has 0 unspecified atom stereocenters. The Morgan fingerprint density at radius 1 is 1.21 bits per heavy atom. The second kappa shape index (κ2) is 9.18. The van der Waals surface area contributed by atoms with Crippen LogP contribution in [0.4, 0.5) is 4.79 Å². The van der Waals surface area contributed by atoms with Gasteiger partial charge in [-0.2, -0.15) is 0 Å². The molecule has 0 saturated carbocycles. The fourth-order valence-electron chi connectivity index (χ4n) is 1.39. The van der Waals surface area contributed by atoms with Crippen molar-refractivity contribution in [2.24, 2.45) is 0 Å². The molecule has 0 rings (SSSR count). The van der Waals surface area contributed by atoms with Crippen LogP contribution in [0.2, 0.25) is 0 Å². The molecule has 110 valence electrons. The van der Waals surface area contributed by atoms with Gasteiger partial charge in [0.2, 0.25) is 5.91 Å². The zero-order valence-corrected chi connectivity index (χ0v) is 11.7. The van der Waals surface area contributed by atoms with E-state index in [1.165, 1.54) is 11.9 Å². The number of rotatable bonds is 8. The molecule has 0 aliphatic carbocycles. The van der Waals surface area contributed by atoms with Crippen molar-refractivity contribution in [1.29, 1.82) is 0 Å². The normalized spacial score (nSPS) is 10.1. The molecule has 7 heteroatoms. The predicted octanol–water partition coefficient (Wildman–Crippen LogP) is 0.407. The summed E-state index contributed by atoms with van der Waals surface area (Å²) in [5.74, 6) is -1.05. The molecular formula is C12H23N3O4. The topological polar surface area (TPSA) is 98.7 Å². The Morgan fingerprint density at radius 2 is 1.84 bits per heavy atom. The summed E-state index contributed by atoms with van der Waals surface area (Å²) in [7, 11) is 1.53. The maximum atomic E-state index is 11.6. The van der Waals surface area contributed by atoms with Crippen molar-refractivity contribution in [3.05, 3.63) is 0 Å².